The standard InChI is InChI=1S/C16H16Cl2N4O4S/c1-8(23)20-9-3-4-14(22-27(2,25)26)11(5-9)16(24)21-10-6-12(17)15(19)13(18)7-10/h3-7,22H,19H2,1-2H3,(H,20,23)(H,21,24). The highest BCUT2D eigenvalue weighted by Crippen LogP contribution is 2.32. The molecule has 144 valence electrons. The van der Waals surface area contributed by atoms with Gasteiger partial charge in [0.05, 0.1) is 33.2 Å². The Labute approximate surface area is 166 Å². The maximum absolute atomic E-state index is 12.7. The quantitative estimate of drug-likeness (QED) is 0.541. The number of hydrogen-bond donors (Lipinski definition) is 4. The van der Waals surface area contributed by atoms with Gasteiger partial charge >= 0.3 is 0 Å². The van der Waals surface area contributed by atoms with Gasteiger partial charge in [-0.15, -0.1) is 0 Å². The second-order valence-electron chi connectivity index (χ2n) is 5.62. The lowest BCUT2D eigenvalue weighted by molar-refractivity contribution is -0.114. The van der Waals surface area contributed by atoms with E-state index in [-0.39, 0.29) is 38.6 Å². The van der Waals surface area contributed by atoms with Crippen molar-refractivity contribution in [3.05, 3.63) is 45.9 Å². The van der Waals surface area contributed by atoms with Crippen molar-refractivity contribution < 1.29 is 18.0 Å². The van der Waals surface area contributed by atoms with Crippen LogP contribution in [0, 0.1) is 0 Å². The van der Waals surface area contributed by atoms with Crippen LogP contribution in [0.3, 0.4) is 0 Å². The molecule has 0 atom stereocenters. The highest BCUT2D eigenvalue weighted by molar-refractivity contribution is 7.92. The van der Waals surface area contributed by atoms with Crippen molar-refractivity contribution in [3.63, 3.8) is 0 Å². The van der Waals surface area contributed by atoms with E-state index in [9.17, 15) is 18.0 Å². The van der Waals surface area contributed by atoms with Crippen molar-refractivity contribution in [2.45, 2.75) is 6.92 Å². The Morgan fingerprint density at radius 1 is 1.00 bits per heavy atom. The van der Waals surface area contributed by atoms with Crippen molar-refractivity contribution in [1.82, 2.24) is 0 Å². The Kier molecular flexibility index (Phi) is 6.19. The number of halogens is 2. The maximum atomic E-state index is 12.7. The lowest BCUT2D eigenvalue weighted by atomic mass is 10.1. The van der Waals surface area contributed by atoms with Gasteiger partial charge in [0, 0.05) is 18.3 Å². The average Bonchev–Trinajstić information content (AvgIpc) is 2.52. The Morgan fingerprint density at radius 3 is 2.11 bits per heavy atom. The van der Waals surface area contributed by atoms with Crippen LogP contribution in [0.1, 0.15) is 17.3 Å². The molecule has 0 unspecified atom stereocenters. The van der Waals surface area contributed by atoms with Gasteiger partial charge in [0.2, 0.25) is 15.9 Å². The zero-order valence-corrected chi connectivity index (χ0v) is 16.6. The molecule has 2 aromatic rings. The summed E-state index contributed by atoms with van der Waals surface area (Å²) in [6, 6.07) is 6.97. The van der Waals surface area contributed by atoms with Crippen LogP contribution in [-0.2, 0) is 14.8 Å². The number of hydrogen-bond acceptors (Lipinski definition) is 5. The molecule has 27 heavy (non-hydrogen) atoms. The third-order valence-corrected chi connectivity index (χ3v) is 4.43. The van der Waals surface area contributed by atoms with Gasteiger partial charge in [-0.1, -0.05) is 23.2 Å². The van der Waals surface area contributed by atoms with E-state index in [0.29, 0.717) is 5.69 Å². The lowest BCUT2D eigenvalue weighted by Gasteiger charge is -2.14. The van der Waals surface area contributed by atoms with Crippen LogP contribution in [0.25, 0.3) is 0 Å². The average molecular weight is 431 g/mol. The van der Waals surface area contributed by atoms with Crippen LogP contribution in [0.2, 0.25) is 10.0 Å². The topological polar surface area (TPSA) is 130 Å². The fraction of sp³-hybridized carbons (Fsp3) is 0.125. The largest absolute Gasteiger partial charge is 0.396 e. The van der Waals surface area contributed by atoms with Crippen molar-refractivity contribution >= 4 is 67.8 Å². The SMILES string of the molecule is CC(=O)Nc1ccc(NS(C)(=O)=O)c(C(=O)Nc2cc(Cl)c(N)c(Cl)c2)c1. The van der Waals surface area contributed by atoms with E-state index in [1.165, 1.54) is 37.3 Å². The lowest BCUT2D eigenvalue weighted by Crippen LogP contribution is -2.18. The van der Waals surface area contributed by atoms with E-state index in [0.717, 1.165) is 6.26 Å². The number of sulfonamides is 1. The van der Waals surface area contributed by atoms with Gasteiger partial charge in [0.25, 0.3) is 5.91 Å². The first-order valence-electron chi connectivity index (χ1n) is 7.41. The van der Waals surface area contributed by atoms with Gasteiger partial charge in [0.15, 0.2) is 0 Å². The number of amides is 2. The first kappa shape index (κ1) is 20.8. The van der Waals surface area contributed by atoms with Crippen molar-refractivity contribution in [1.29, 1.82) is 0 Å². The van der Waals surface area contributed by atoms with Crippen LogP contribution in [-0.4, -0.2) is 26.5 Å². The summed E-state index contributed by atoms with van der Waals surface area (Å²) >= 11 is 11.9. The summed E-state index contributed by atoms with van der Waals surface area (Å²) in [5.74, 6) is -0.993. The molecule has 0 saturated heterocycles. The van der Waals surface area contributed by atoms with Crippen LogP contribution in [0.5, 0.6) is 0 Å². The van der Waals surface area contributed by atoms with Gasteiger partial charge in [0.1, 0.15) is 0 Å². The zero-order chi connectivity index (χ0) is 20.4. The molecule has 2 rings (SSSR count). The van der Waals surface area contributed by atoms with E-state index in [2.05, 4.69) is 15.4 Å². The number of rotatable bonds is 5. The molecule has 2 amide bonds. The van der Waals surface area contributed by atoms with E-state index in [1.807, 2.05) is 0 Å². The zero-order valence-electron chi connectivity index (χ0n) is 14.3. The van der Waals surface area contributed by atoms with Crippen molar-refractivity contribution in [2.24, 2.45) is 0 Å². The summed E-state index contributed by atoms with van der Waals surface area (Å²) in [6.45, 7) is 1.31. The Balaban J connectivity index is 2.43. The monoisotopic (exact) mass is 430 g/mol. The molecule has 8 nitrogen and oxygen atoms in total. The van der Waals surface area contributed by atoms with E-state index in [4.69, 9.17) is 28.9 Å². The van der Waals surface area contributed by atoms with E-state index in [1.54, 1.807) is 0 Å². The second kappa shape index (κ2) is 8.03. The number of carbonyl (C=O) groups excluding carboxylic acids is 2. The molecule has 0 aliphatic heterocycles. The van der Waals surface area contributed by atoms with Crippen LogP contribution in [0.4, 0.5) is 22.7 Å². The summed E-state index contributed by atoms with van der Waals surface area (Å²) in [5.41, 5.74) is 6.43. The predicted molar refractivity (Wildman–Crippen MR) is 108 cm³/mol. The first-order chi connectivity index (χ1) is 12.5. The van der Waals surface area contributed by atoms with Gasteiger partial charge in [-0.25, -0.2) is 8.42 Å². The van der Waals surface area contributed by atoms with Crippen LogP contribution in [0.15, 0.2) is 30.3 Å². The molecule has 0 aromatic heterocycles. The summed E-state index contributed by atoms with van der Waals surface area (Å²) in [6.07, 6.45) is 0.954. The molecule has 0 fully saturated rings. The molecule has 11 heteroatoms. The highest BCUT2D eigenvalue weighted by atomic mass is 35.5. The van der Waals surface area contributed by atoms with Gasteiger partial charge in [-0.3, -0.25) is 14.3 Å². The number of nitrogen functional groups attached to an aromatic ring is 1. The van der Waals surface area contributed by atoms with E-state index < -0.39 is 15.9 Å². The molecular weight excluding hydrogens is 415 g/mol. The predicted octanol–water partition coefficient (Wildman–Crippen LogP) is 3.16. The molecule has 0 bridgehead atoms. The third-order valence-electron chi connectivity index (χ3n) is 3.22. The molecule has 0 aliphatic rings. The minimum atomic E-state index is -3.64. The second-order valence-corrected chi connectivity index (χ2v) is 8.19. The molecule has 0 aliphatic carbocycles. The number of anilines is 4. The molecule has 0 saturated carbocycles. The van der Waals surface area contributed by atoms with Gasteiger partial charge in [-0.05, 0) is 30.3 Å². The number of nitrogens with two attached hydrogens (primary N) is 1. The van der Waals surface area contributed by atoms with Crippen LogP contribution < -0.4 is 21.1 Å². The summed E-state index contributed by atoms with van der Waals surface area (Å²) in [5, 5.41) is 5.39. The maximum Gasteiger partial charge on any atom is 0.257 e. The first-order valence-corrected chi connectivity index (χ1v) is 10.1. The highest BCUT2D eigenvalue weighted by Gasteiger charge is 2.17. The fourth-order valence-electron chi connectivity index (χ4n) is 2.16. The minimum Gasteiger partial charge on any atom is -0.396 e. The van der Waals surface area contributed by atoms with Crippen molar-refractivity contribution in [2.75, 3.05) is 27.3 Å². The van der Waals surface area contributed by atoms with Crippen LogP contribution >= 0.6 is 23.2 Å². The fourth-order valence-corrected chi connectivity index (χ4v) is 3.22. The van der Waals surface area contributed by atoms with E-state index >= 15 is 0 Å². The summed E-state index contributed by atoms with van der Waals surface area (Å²) in [4.78, 5) is 23.9. The minimum absolute atomic E-state index is 0.0178. The number of benzene rings is 2. The summed E-state index contributed by atoms with van der Waals surface area (Å²) in [7, 11) is -3.64. The van der Waals surface area contributed by atoms with Gasteiger partial charge < -0.3 is 16.4 Å². The Hall–Kier alpha value is -2.49. The molecule has 5 N–H and O–H groups in total. The molecule has 2 aromatic carbocycles. The summed E-state index contributed by atoms with van der Waals surface area (Å²) < 4.78 is 25.4. The smallest absolute Gasteiger partial charge is 0.257 e. The molecule has 0 radical (unpaired) electrons. The third kappa shape index (κ3) is 5.75. The molecule has 0 heterocycles. The molecular formula is C16H16Cl2N4O4S. The number of nitrogens with one attached hydrogen (secondary N) is 3. The van der Waals surface area contributed by atoms with Crippen molar-refractivity contribution in [3.8, 4) is 0 Å². The Morgan fingerprint density at radius 2 is 1.59 bits per heavy atom. The van der Waals surface area contributed by atoms with Gasteiger partial charge in [-0.2, -0.15) is 0 Å². The normalized spacial score (nSPS) is 11.0. The Bertz CT molecular complexity index is 1000. The number of carbonyl (C=O) groups is 2. The molecule has 0 spiro atoms.